The molecule has 13 heteroatoms. The number of benzene rings is 2. The first-order valence-electron chi connectivity index (χ1n) is 13.7. The summed E-state index contributed by atoms with van der Waals surface area (Å²) >= 11 is 2.79. The third-order valence-electron chi connectivity index (χ3n) is 6.38. The molecule has 3 heterocycles. The van der Waals surface area contributed by atoms with E-state index in [9.17, 15) is 14.3 Å². The van der Waals surface area contributed by atoms with Gasteiger partial charge in [0.15, 0.2) is 39.2 Å². The Hall–Kier alpha value is -4.64. The van der Waals surface area contributed by atoms with Crippen molar-refractivity contribution in [1.29, 1.82) is 0 Å². The van der Waals surface area contributed by atoms with Crippen LogP contribution in [0, 0.1) is 24.6 Å². The molecule has 0 atom stereocenters. The van der Waals surface area contributed by atoms with Crippen molar-refractivity contribution in [3.05, 3.63) is 76.0 Å². The maximum absolute atomic E-state index is 14.5. The molecule has 0 amide bonds. The van der Waals surface area contributed by atoms with Crippen molar-refractivity contribution in [2.75, 3.05) is 44.5 Å². The van der Waals surface area contributed by atoms with Gasteiger partial charge in [0.25, 0.3) is 0 Å². The van der Waals surface area contributed by atoms with E-state index in [0.717, 1.165) is 15.8 Å². The lowest BCUT2D eigenvalue weighted by Crippen LogP contribution is -2.13. The number of ether oxygens (including phenoxy) is 1. The largest absolute Gasteiger partial charge is 0.491 e. The zero-order valence-corrected chi connectivity index (χ0v) is 26.2. The fourth-order valence-electron chi connectivity index (χ4n) is 4.11. The summed E-state index contributed by atoms with van der Waals surface area (Å²) in [5.41, 5.74) is 2.30. The number of aromatic carboxylic acids is 1. The van der Waals surface area contributed by atoms with Gasteiger partial charge in [-0.2, -0.15) is 0 Å². The second-order valence-electron chi connectivity index (χ2n) is 10.1. The van der Waals surface area contributed by atoms with Crippen molar-refractivity contribution in [2.24, 2.45) is 0 Å². The summed E-state index contributed by atoms with van der Waals surface area (Å²) in [5, 5.41) is 22.9. The van der Waals surface area contributed by atoms with Crippen LogP contribution in [0.5, 0.6) is 5.75 Å². The van der Waals surface area contributed by atoms with Crippen molar-refractivity contribution in [3.8, 4) is 17.6 Å². The number of para-hydroxylation sites is 1. The normalized spacial score (nSPS) is 11.0. The van der Waals surface area contributed by atoms with Crippen LogP contribution in [0.25, 0.3) is 10.2 Å². The molecule has 0 saturated heterocycles. The Morgan fingerprint density at radius 3 is 2.64 bits per heavy atom. The van der Waals surface area contributed by atoms with Crippen LogP contribution in [-0.2, 0) is 6.42 Å². The lowest BCUT2D eigenvalue weighted by molar-refractivity contribution is 0.0690. The molecule has 44 heavy (non-hydrogen) atoms. The fraction of sp³-hybridized carbons (Fsp3) is 0.258. The van der Waals surface area contributed by atoms with Gasteiger partial charge in [0.2, 0.25) is 0 Å². The van der Waals surface area contributed by atoms with Crippen molar-refractivity contribution in [2.45, 2.75) is 19.8 Å². The minimum atomic E-state index is -1.12. The second kappa shape index (κ2) is 13.8. The Kier molecular flexibility index (Phi) is 9.64. The minimum Gasteiger partial charge on any atom is -0.491 e. The molecule has 10 nitrogen and oxygen atoms in total. The predicted octanol–water partition coefficient (Wildman–Crippen LogP) is 6.12. The number of anilines is 4. The molecule has 0 aliphatic heterocycles. The number of carbonyl (C=O) groups is 1. The van der Waals surface area contributed by atoms with Gasteiger partial charge in [-0.05, 0) is 75.8 Å². The number of thiazole rings is 2. The van der Waals surface area contributed by atoms with Gasteiger partial charge in [0, 0.05) is 17.5 Å². The van der Waals surface area contributed by atoms with E-state index in [-0.39, 0.29) is 18.1 Å². The molecule has 2 N–H and O–H groups in total. The van der Waals surface area contributed by atoms with Crippen LogP contribution < -0.4 is 15.0 Å². The van der Waals surface area contributed by atoms with E-state index in [1.54, 1.807) is 24.1 Å². The summed E-state index contributed by atoms with van der Waals surface area (Å²) in [5.74, 6) is 5.51. The smallest absolute Gasteiger partial charge is 0.355 e. The summed E-state index contributed by atoms with van der Waals surface area (Å²) in [6.07, 6.45) is 0.874. The van der Waals surface area contributed by atoms with E-state index in [0.29, 0.717) is 51.7 Å². The van der Waals surface area contributed by atoms with Crippen LogP contribution in [0.3, 0.4) is 0 Å². The van der Waals surface area contributed by atoms with E-state index in [4.69, 9.17) is 4.74 Å². The molecule has 0 saturated carbocycles. The van der Waals surface area contributed by atoms with Crippen molar-refractivity contribution >= 4 is 60.8 Å². The van der Waals surface area contributed by atoms with Gasteiger partial charge in [0.1, 0.15) is 0 Å². The number of nitrogens with one attached hydrogen (secondary N) is 1. The number of fused-ring (bicyclic) bond motifs is 1. The standard InChI is InChI=1S/C31H30FN7O3S2/c1-19-17-26(36-37-28(19)35-30-33-22-10-5-6-11-24(22)43-30)39(4)31-34-27(29(40)41)25(44-31)12-8-16-42-23-14-13-20(18-21(23)32)9-7-15-38(2)3/h5-6,10-11,13-14,17-18H,8,12,15-16H2,1-4H3,(H,40,41)(H,33,35,37). The maximum atomic E-state index is 14.5. The van der Waals surface area contributed by atoms with Crippen LogP contribution in [-0.4, -0.2) is 70.4 Å². The molecule has 3 aromatic heterocycles. The highest BCUT2D eigenvalue weighted by Crippen LogP contribution is 2.33. The molecule has 0 unspecified atom stereocenters. The number of carboxylic acids is 1. The van der Waals surface area contributed by atoms with E-state index in [1.165, 1.54) is 28.7 Å². The molecule has 0 aliphatic carbocycles. The van der Waals surface area contributed by atoms with Crippen LogP contribution in [0.2, 0.25) is 0 Å². The third kappa shape index (κ3) is 7.46. The zero-order chi connectivity index (χ0) is 31.2. The van der Waals surface area contributed by atoms with Crippen LogP contribution in [0.15, 0.2) is 48.5 Å². The van der Waals surface area contributed by atoms with E-state index >= 15 is 0 Å². The highest BCUT2D eigenvalue weighted by Gasteiger charge is 2.21. The lowest BCUT2D eigenvalue weighted by Gasteiger charge is -2.15. The molecule has 0 aliphatic rings. The Morgan fingerprint density at radius 2 is 1.91 bits per heavy atom. The van der Waals surface area contributed by atoms with Gasteiger partial charge in [-0.15, -0.1) is 21.5 Å². The van der Waals surface area contributed by atoms with Gasteiger partial charge in [-0.3, -0.25) is 4.90 Å². The summed E-state index contributed by atoms with van der Waals surface area (Å²) in [4.78, 5) is 25.1. The summed E-state index contributed by atoms with van der Waals surface area (Å²) < 4.78 is 21.2. The van der Waals surface area contributed by atoms with E-state index in [2.05, 4.69) is 37.3 Å². The zero-order valence-electron chi connectivity index (χ0n) is 24.6. The molecule has 0 radical (unpaired) electrons. The molecule has 2 aromatic carbocycles. The van der Waals surface area contributed by atoms with Crippen molar-refractivity contribution < 1.29 is 19.0 Å². The van der Waals surface area contributed by atoms with Gasteiger partial charge >= 0.3 is 5.97 Å². The summed E-state index contributed by atoms with van der Waals surface area (Å²) in [6, 6.07) is 14.4. The number of aromatic nitrogens is 4. The average molecular weight is 632 g/mol. The monoisotopic (exact) mass is 631 g/mol. The molecule has 226 valence electrons. The average Bonchev–Trinajstić information content (AvgIpc) is 3.61. The number of nitrogens with zero attached hydrogens (tertiary/aromatic N) is 6. The third-order valence-corrected chi connectivity index (χ3v) is 8.52. The Bertz CT molecular complexity index is 1830. The Balaban J connectivity index is 1.21. The minimum absolute atomic E-state index is 0.0255. The van der Waals surface area contributed by atoms with Crippen LogP contribution in [0.1, 0.15) is 32.9 Å². The molecule has 5 rings (SSSR count). The number of hydrogen-bond acceptors (Lipinski definition) is 11. The molecular weight excluding hydrogens is 602 g/mol. The molecular formula is C31H30FN7O3S2. The highest BCUT2D eigenvalue weighted by molar-refractivity contribution is 7.22. The Labute approximate surface area is 262 Å². The molecule has 0 fully saturated rings. The highest BCUT2D eigenvalue weighted by atomic mass is 32.1. The first kappa shape index (κ1) is 30.8. The Morgan fingerprint density at radius 1 is 1.09 bits per heavy atom. The number of rotatable bonds is 11. The number of carboxylic acid groups (broad SMARTS) is 1. The van der Waals surface area contributed by atoms with E-state index < -0.39 is 11.8 Å². The van der Waals surface area contributed by atoms with Gasteiger partial charge < -0.3 is 20.1 Å². The quantitative estimate of drug-likeness (QED) is 0.130. The van der Waals surface area contributed by atoms with E-state index in [1.807, 2.05) is 56.3 Å². The summed E-state index contributed by atoms with van der Waals surface area (Å²) in [7, 11) is 5.59. The van der Waals surface area contributed by atoms with Crippen LogP contribution in [0.4, 0.5) is 26.3 Å². The lowest BCUT2D eigenvalue weighted by atomic mass is 10.2. The first-order valence-corrected chi connectivity index (χ1v) is 15.3. The van der Waals surface area contributed by atoms with Gasteiger partial charge in [-0.1, -0.05) is 35.3 Å². The molecule has 5 aromatic rings. The molecule has 0 bridgehead atoms. The van der Waals surface area contributed by atoms with Gasteiger partial charge in [0.05, 0.1) is 23.4 Å². The number of hydrogen-bond donors (Lipinski definition) is 2. The predicted molar refractivity (Wildman–Crippen MR) is 172 cm³/mol. The molecule has 0 spiro atoms. The van der Waals surface area contributed by atoms with Crippen molar-refractivity contribution in [3.63, 3.8) is 0 Å². The van der Waals surface area contributed by atoms with Crippen molar-refractivity contribution in [1.82, 2.24) is 25.1 Å². The topological polar surface area (TPSA) is 117 Å². The SMILES string of the molecule is Cc1cc(N(C)c2nc(C(=O)O)c(CCCOc3ccc(C#CCN(C)C)cc3F)s2)nnc1Nc1nc2ccccc2s1. The maximum Gasteiger partial charge on any atom is 0.355 e. The van der Waals surface area contributed by atoms with Crippen LogP contribution >= 0.6 is 22.7 Å². The first-order chi connectivity index (χ1) is 21.2. The second-order valence-corrected chi connectivity index (χ2v) is 12.2. The number of aryl methyl sites for hydroxylation is 2. The van der Waals surface area contributed by atoms with Gasteiger partial charge in [-0.25, -0.2) is 19.2 Å². The number of halogens is 1. The summed E-state index contributed by atoms with van der Waals surface area (Å²) in [6.45, 7) is 2.70. The fourth-order valence-corrected chi connectivity index (χ4v) is 6.04.